The number of carbonyl (C=O) groups is 2. The highest BCUT2D eigenvalue weighted by Gasteiger charge is 2.61. The van der Waals surface area contributed by atoms with Gasteiger partial charge in [-0.25, -0.2) is 14.5 Å². The minimum atomic E-state index is -1.01. The number of nitrogens with one attached hydrogen (secondary N) is 1. The number of benzene rings is 1. The maximum atomic E-state index is 13.4. The van der Waals surface area contributed by atoms with E-state index in [0.717, 1.165) is 38.5 Å². The smallest absolute Gasteiger partial charge is 0.335 e. The summed E-state index contributed by atoms with van der Waals surface area (Å²) in [5.74, 6) is -0.0479. The Labute approximate surface area is 167 Å². The van der Waals surface area contributed by atoms with Crippen LogP contribution in [0.5, 0.6) is 0 Å². The summed E-state index contributed by atoms with van der Waals surface area (Å²) in [6.07, 6.45) is 7.33. The number of halogens is 1. The van der Waals surface area contributed by atoms with Crippen LogP contribution in [0, 0.1) is 17.3 Å². The third-order valence-electron chi connectivity index (χ3n) is 6.83. The van der Waals surface area contributed by atoms with E-state index in [0.29, 0.717) is 17.5 Å². The molecule has 2 N–H and O–H groups in total. The van der Waals surface area contributed by atoms with Crippen LogP contribution in [0.15, 0.2) is 30.6 Å². The second kappa shape index (κ2) is 6.04. The lowest BCUT2D eigenvalue weighted by atomic mass is 9.46. The van der Waals surface area contributed by atoms with Crippen LogP contribution in [0.3, 0.4) is 0 Å². The number of aromatic nitrogens is 3. The van der Waals surface area contributed by atoms with Crippen LogP contribution >= 0.6 is 11.6 Å². The SMILES string of the molecule is O=C(O)c1cccc(NC(=O)C23C[C@H]4C[C@H](C2)CC(n2cnc(Cl)n2)(C4)C3)c1. The Hall–Kier alpha value is -2.41. The van der Waals surface area contributed by atoms with Gasteiger partial charge in [-0.15, -0.1) is 5.10 Å². The second-order valence-corrected chi connectivity index (χ2v) is 9.10. The molecule has 1 aromatic heterocycles. The molecule has 28 heavy (non-hydrogen) atoms. The van der Waals surface area contributed by atoms with Gasteiger partial charge in [-0.2, -0.15) is 0 Å². The molecule has 0 saturated heterocycles. The molecule has 4 aliphatic rings. The molecule has 7 nitrogen and oxygen atoms in total. The summed E-state index contributed by atoms with van der Waals surface area (Å²) in [7, 11) is 0. The van der Waals surface area contributed by atoms with Gasteiger partial charge in [0.25, 0.3) is 0 Å². The maximum absolute atomic E-state index is 13.4. The van der Waals surface area contributed by atoms with Crippen molar-refractivity contribution in [1.82, 2.24) is 14.8 Å². The Morgan fingerprint density at radius 3 is 2.61 bits per heavy atom. The number of hydrogen-bond donors (Lipinski definition) is 2. The molecule has 4 saturated carbocycles. The van der Waals surface area contributed by atoms with Crippen LogP contribution in [0.4, 0.5) is 5.69 Å². The fraction of sp³-hybridized carbons (Fsp3) is 0.500. The molecule has 4 fully saturated rings. The topological polar surface area (TPSA) is 97.1 Å². The summed E-state index contributed by atoms with van der Waals surface area (Å²) < 4.78 is 1.89. The van der Waals surface area contributed by atoms with Crippen molar-refractivity contribution in [2.24, 2.45) is 17.3 Å². The molecule has 1 amide bonds. The first-order valence-corrected chi connectivity index (χ1v) is 9.98. The number of anilines is 1. The first kappa shape index (κ1) is 17.7. The molecule has 2 atom stereocenters. The average molecular weight is 401 g/mol. The summed E-state index contributed by atoms with van der Waals surface area (Å²) in [5, 5.41) is 16.8. The average Bonchev–Trinajstić information content (AvgIpc) is 3.08. The molecule has 0 radical (unpaired) electrons. The van der Waals surface area contributed by atoms with E-state index < -0.39 is 11.4 Å². The molecule has 0 spiro atoms. The summed E-state index contributed by atoms with van der Waals surface area (Å²) in [6, 6.07) is 6.41. The summed E-state index contributed by atoms with van der Waals surface area (Å²) in [4.78, 5) is 28.7. The van der Waals surface area contributed by atoms with Gasteiger partial charge in [0.05, 0.1) is 16.5 Å². The van der Waals surface area contributed by atoms with Gasteiger partial charge in [-0.1, -0.05) is 6.07 Å². The van der Waals surface area contributed by atoms with Gasteiger partial charge in [0, 0.05) is 5.69 Å². The van der Waals surface area contributed by atoms with E-state index in [2.05, 4.69) is 15.4 Å². The van der Waals surface area contributed by atoms with Crippen molar-refractivity contribution < 1.29 is 14.7 Å². The van der Waals surface area contributed by atoms with Gasteiger partial charge in [0.1, 0.15) is 6.33 Å². The maximum Gasteiger partial charge on any atom is 0.335 e. The molecule has 1 aromatic carbocycles. The highest BCUT2D eigenvalue weighted by Crippen LogP contribution is 2.64. The summed E-state index contributed by atoms with van der Waals surface area (Å²) in [6.45, 7) is 0. The molecule has 2 aromatic rings. The predicted octanol–water partition coefficient (Wildman–Crippen LogP) is 3.56. The van der Waals surface area contributed by atoms with Gasteiger partial charge in [-0.3, -0.25) is 4.79 Å². The Morgan fingerprint density at radius 2 is 1.96 bits per heavy atom. The Balaban J connectivity index is 1.45. The monoisotopic (exact) mass is 400 g/mol. The molecular formula is C20H21ClN4O3. The number of carboxylic acid groups (broad SMARTS) is 1. The lowest BCUT2D eigenvalue weighted by Gasteiger charge is -2.60. The van der Waals surface area contributed by atoms with E-state index >= 15 is 0 Å². The van der Waals surface area contributed by atoms with Crippen LogP contribution in [0.1, 0.15) is 48.9 Å². The van der Waals surface area contributed by atoms with E-state index in [-0.39, 0.29) is 22.3 Å². The second-order valence-electron chi connectivity index (χ2n) is 8.76. The molecule has 6 rings (SSSR count). The van der Waals surface area contributed by atoms with Gasteiger partial charge >= 0.3 is 5.97 Å². The van der Waals surface area contributed by atoms with Gasteiger partial charge in [0.2, 0.25) is 11.2 Å². The number of aromatic carboxylic acids is 1. The zero-order chi connectivity index (χ0) is 19.5. The van der Waals surface area contributed by atoms with Crippen molar-refractivity contribution in [3.05, 3.63) is 41.4 Å². The minimum Gasteiger partial charge on any atom is -0.478 e. The summed E-state index contributed by atoms with van der Waals surface area (Å²) in [5.41, 5.74) is 0.0298. The quantitative estimate of drug-likeness (QED) is 0.817. The fourth-order valence-electron chi connectivity index (χ4n) is 6.21. The standard InChI is InChI=1S/C20H21ClN4O3/c21-18-22-11-25(24-18)20-8-12-4-13(9-20)7-19(6-12,10-20)17(28)23-15-3-1-2-14(5-15)16(26)27/h1-3,5,11-13H,4,6-10H2,(H,23,28)(H,26,27)/t12-,13-,19?,20?/m1/s1. The number of rotatable bonds is 4. The number of hydrogen-bond acceptors (Lipinski definition) is 4. The van der Waals surface area contributed by atoms with E-state index in [4.69, 9.17) is 11.6 Å². The molecular weight excluding hydrogens is 380 g/mol. The zero-order valence-electron chi connectivity index (χ0n) is 15.3. The number of nitrogens with zero attached hydrogens (tertiary/aromatic N) is 3. The Bertz CT molecular complexity index is 958. The highest BCUT2D eigenvalue weighted by atomic mass is 35.5. The van der Waals surface area contributed by atoms with Crippen molar-refractivity contribution in [1.29, 1.82) is 0 Å². The number of carbonyl (C=O) groups excluding carboxylic acids is 1. The molecule has 146 valence electrons. The van der Waals surface area contributed by atoms with E-state index in [9.17, 15) is 14.7 Å². The van der Waals surface area contributed by atoms with E-state index in [1.54, 1.807) is 18.5 Å². The van der Waals surface area contributed by atoms with Crippen molar-refractivity contribution in [3.8, 4) is 0 Å². The Kier molecular flexibility index (Phi) is 3.81. The third kappa shape index (κ3) is 2.71. The highest BCUT2D eigenvalue weighted by molar-refractivity contribution is 6.28. The third-order valence-corrected chi connectivity index (χ3v) is 7.00. The fourth-order valence-corrected chi connectivity index (χ4v) is 6.34. The van der Waals surface area contributed by atoms with Crippen LogP contribution in [0.2, 0.25) is 5.28 Å². The lowest BCUT2D eigenvalue weighted by molar-refractivity contribution is -0.150. The van der Waals surface area contributed by atoms with Gasteiger partial charge < -0.3 is 10.4 Å². The van der Waals surface area contributed by atoms with Crippen molar-refractivity contribution in [3.63, 3.8) is 0 Å². The van der Waals surface area contributed by atoms with Crippen molar-refractivity contribution in [2.45, 2.75) is 44.1 Å². The van der Waals surface area contributed by atoms with Crippen LogP contribution in [-0.4, -0.2) is 31.7 Å². The minimum absolute atomic E-state index is 0.0141. The van der Waals surface area contributed by atoms with Crippen LogP contribution in [-0.2, 0) is 10.3 Å². The van der Waals surface area contributed by atoms with Crippen molar-refractivity contribution in [2.75, 3.05) is 5.32 Å². The first-order chi connectivity index (χ1) is 13.4. The molecule has 4 aliphatic carbocycles. The molecule has 0 aliphatic heterocycles. The number of carboxylic acids is 1. The zero-order valence-corrected chi connectivity index (χ0v) is 16.0. The largest absolute Gasteiger partial charge is 0.478 e. The van der Waals surface area contributed by atoms with E-state index in [1.165, 1.54) is 12.1 Å². The normalized spacial score (nSPS) is 33.0. The van der Waals surface area contributed by atoms with Crippen LogP contribution < -0.4 is 5.32 Å². The molecule has 0 unspecified atom stereocenters. The molecule has 4 bridgehead atoms. The van der Waals surface area contributed by atoms with Crippen molar-refractivity contribution >= 4 is 29.2 Å². The first-order valence-electron chi connectivity index (χ1n) is 9.60. The molecule has 8 heteroatoms. The molecule has 1 heterocycles. The summed E-state index contributed by atoms with van der Waals surface area (Å²) >= 11 is 5.98. The van der Waals surface area contributed by atoms with Gasteiger partial charge in [0.15, 0.2) is 0 Å². The predicted molar refractivity (Wildman–Crippen MR) is 102 cm³/mol. The lowest BCUT2D eigenvalue weighted by Crippen LogP contribution is -2.60. The van der Waals surface area contributed by atoms with Gasteiger partial charge in [-0.05, 0) is 80.2 Å². The van der Waals surface area contributed by atoms with E-state index in [1.807, 2.05) is 4.68 Å². The Morgan fingerprint density at radius 1 is 1.21 bits per heavy atom. The van der Waals surface area contributed by atoms with Crippen LogP contribution in [0.25, 0.3) is 0 Å². The number of amides is 1.